The van der Waals surface area contributed by atoms with Gasteiger partial charge in [-0.25, -0.2) is 0 Å². The van der Waals surface area contributed by atoms with Crippen molar-refractivity contribution < 1.29 is 9.53 Å². The Balaban J connectivity index is 1.99. The van der Waals surface area contributed by atoms with E-state index in [4.69, 9.17) is 4.74 Å². The SMILES string of the molecule is CCC(C)Oc1ccc(C(=O)N2CCCNCC2)cc1. The lowest BCUT2D eigenvalue weighted by atomic mass is 10.2. The van der Waals surface area contributed by atoms with Gasteiger partial charge in [-0.15, -0.1) is 0 Å². The van der Waals surface area contributed by atoms with Crippen LogP contribution in [0.4, 0.5) is 0 Å². The summed E-state index contributed by atoms with van der Waals surface area (Å²) in [5.41, 5.74) is 0.739. The second kappa shape index (κ2) is 7.29. The molecule has 1 amide bonds. The summed E-state index contributed by atoms with van der Waals surface area (Å²) < 4.78 is 5.73. The maximum absolute atomic E-state index is 12.4. The van der Waals surface area contributed by atoms with Crippen LogP contribution >= 0.6 is 0 Å². The van der Waals surface area contributed by atoms with Crippen LogP contribution < -0.4 is 10.1 Å². The fourth-order valence-electron chi connectivity index (χ4n) is 2.22. The highest BCUT2D eigenvalue weighted by Gasteiger charge is 2.17. The van der Waals surface area contributed by atoms with Crippen molar-refractivity contribution in [3.05, 3.63) is 29.8 Å². The maximum atomic E-state index is 12.4. The number of amides is 1. The van der Waals surface area contributed by atoms with E-state index in [0.29, 0.717) is 0 Å². The number of carbonyl (C=O) groups is 1. The highest BCUT2D eigenvalue weighted by molar-refractivity contribution is 5.94. The monoisotopic (exact) mass is 276 g/mol. The van der Waals surface area contributed by atoms with Crippen molar-refractivity contribution >= 4 is 5.91 Å². The van der Waals surface area contributed by atoms with Crippen LogP contribution in [0, 0.1) is 0 Å². The molecule has 4 heteroatoms. The largest absolute Gasteiger partial charge is 0.491 e. The molecule has 2 rings (SSSR count). The van der Waals surface area contributed by atoms with E-state index in [9.17, 15) is 4.79 Å². The minimum Gasteiger partial charge on any atom is -0.491 e. The fraction of sp³-hybridized carbons (Fsp3) is 0.562. The second-order valence-electron chi connectivity index (χ2n) is 5.26. The smallest absolute Gasteiger partial charge is 0.253 e. The normalized spacial score (nSPS) is 17.4. The summed E-state index contributed by atoms with van der Waals surface area (Å²) in [7, 11) is 0. The quantitative estimate of drug-likeness (QED) is 0.917. The van der Waals surface area contributed by atoms with Gasteiger partial charge in [-0.1, -0.05) is 6.92 Å². The molecule has 20 heavy (non-hydrogen) atoms. The lowest BCUT2D eigenvalue weighted by Gasteiger charge is -2.20. The fourth-order valence-corrected chi connectivity index (χ4v) is 2.22. The van der Waals surface area contributed by atoms with Crippen molar-refractivity contribution in [1.82, 2.24) is 10.2 Å². The molecule has 0 bridgehead atoms. The molecule has 1 aliphatic rings. The zero-order valence-electron chi connectivity index (χ0n) is 12.4. The highest BCUT2D eigenvalue weighted by atomic mass is 16.5. The molecule has 1 saturated heterocycles. The van der Waals surface area contributed by atoms with E-state index >= 15 is 0 Å². The molecule has 1 fully saturated rings. The van der Waals surface area contributed by atoms with E-state index < -0.39 is 0 Å². The molecular weight excluding hydrogens is 252 g/mol. The first-order valence-corrected chi connectivity index (χ1v) is 7.47. The van der Waals surface area contributed by atoms with Gasteiger partial charge in [0.15, 0.2) is 0 Å². The first kappa shape index (κ1) is 14.9. The molecule has 1 aromatic carbocycles. The molecule has 1 atom stereocenters. The Kier molecular flexibility index (Phi) is 5.41. The van der Waals surface area contributed by atoms with Crippen LogP contribution in [-0.2, 0) is 0 Å². The van der Waals surface area contributed by atoms with E-state index in [1.807, 2.05) is 36.1 Å². The van der Waals surface area contributed by atoms with Crippen LogP contribution in [-0.4, -0.2) is 43.1 Å². The zero-order chi connectivity index (χ0) is 14.4. The van der Waals surface area contributed by atoms with Gasteiger partial charge in [0.2, 0.25) is 0 Å². The Morgan fingerprint density at radius 1 is 1.30 bits per heavy atom. The van der Waals surface area contributed by atoms with Crippen molar-refractivity contribution in [3.63, 3.8) is 0 Å². The average Bonchev–Trinajstić information content (AvgIpc) is 2.76. The van der Waals surface area contributed by atoms with Gasteiger partial charge in [-0.2, -0.15) is 0 Å². The van der Waals surface area contributed by atoms with Gasteiger partial charge in [0.25, 0.3) is 5.91 Å². The van der Waals surface area contributed by atoms with Crippen LogP contribution in [0.15, 0.2) is 24.3 Å². The Morgan fingerprint density at radius 3 is 2.75 bits per heavy atom. The van der Waals surface area contributed by atoms with Crippen molar-refractivity contribution in [2.75, 3.05) is 26.2 Å². The maximum Gasteiger partial charge on any atom is 0.253 e. The van der Waals surface area contributed by atoms with Gasteiger partial charge in [0, 0.05) is 25.2 Å². The molecule has 0 saturated carbocycles. The standard InChI is InChI=1S/C16H24N2O2/c1-3-13(2)20-15-7-5-14(6-8-15)16(19)18-11-4-9-17-10-12-18/h5-8,13,17H,3-4,9-12H2,1-2H3. The van der Waals surface area contributed by atoms with Gasteiger partial charge >= 0.3 is 0 Å². The van der Waals surface area contributed by atoms with E-state index in [0.717, 1.165) is 50.3 Å². The lowest BCUT2D eigenvalue weighted by Crippen LogP contribution is -2.34. The van der Waals surface area contributed by atoms with Crippen LogP contribution in [0.1, 0.15) is 37.0 Å². The summed E-state index contributed by atoms with van der Waals surface area (Å²) in [5.74, 6) is 0.942. The number of ether oxygens (including phenoxy) is 1. The molecule has 0 spiro atoms. The first-order chi connectivity index (χ1) is 9.70. The third kappa shape index (κ3) is 3.97. The van der Waals surface area contributed by atoms with Crippen molar-refractivity contribution in [3.8, 4) is 5.75 Å². The Morgan fingerprint density at radius 2 is 2.05 bits per heavy atom. The van der Waals surface area contributed by atoms with Crippen molar-refractivity contribution in [2.45, 2.75) is 32.8 Å². The van der Waals surface area contributed by atoms with Crippen LogP contribution in [0.3, 0.4) is 0 Å². The molecule has 1 aromatic rings. The number of carbonyl (C=O) groups excluding carboxylic acids is 1. The predicted octanol–water partition coefficient (Wildman–Crippen LogP) is 2.30. The molecule has 1 unspecified atom stereocenters. The first-order valence-electron chi connectivity index (χ1n) is 7.47. The van der Waals surface area contributed by atoms with Gasteiger partial charge in [-0.3, -0.25) is 4.79 Å². The Hall–Kier alpha value is -1.55. The van der Waals surface area contributed by atoms with Gasteiger partial charge in [0.05, 0.1) is 6.10 Å². The van der Waals surface area contributed by atoms with Crippen molar-refractivity contribution in [1.29, 1.82) is 0 Å². The molecule has 110 valence electrons. The summed E-state index contributed by atoms with van der Waals surface area (Å²) >= 11 is 0. The van der Waals surface area contributed by atoms with E-state index in [1.165, 1.54) is 0 Å². The van der Waals surface area contributed by atoms with E-state index in [2.05, 4.69) is 12.2 Å². The van der Waals surface area contributed by atoms with Gasteiger partial charge in [-0.05, 0) is 50.6 Å². The minimum atomic E-state index is 0.115. The summed E-state index contributed by atoms with van der Waals surface area (Å²) in [4.78, 5) is 14.3. The molecule has 4 nitrogen and oxygen atoms in total. The molecular formula is C16H24N2O2. The predicted molar refractivity (Wildman–Crippen MR) is 80.2 cm³/mol. The molecule has 0 aliphatic carbocycles. The summed E-state index contributed by atoms with van der Waals surface area (Å²) in [6, 6.07) is 7.49. The average molecular weight is 276 g/mol. The second-order valence-corrected chi connectivity index (χ2v) is 5.26. The number of benzene rings is 1. The Bertz CT molecular complexity index is 423. The number of hydrogen-bond acceptors (Lipinski definition) is 3. The molecule has 1 heterocycles. The molecule has 0 aromatic heterocycles. The van der Waals surface area contributed by atoms with Crippen LogP contribution in [0.5, 0.6) is 5.75 Å². The van der Waals surface area contributed by atoms with Gasteiger partial charge in [0.1, 0.15) is 5.75 Å². The highest BCUT2D eigenvalue weighted by Crippen LogP contribution is 2.16. The zero-order valence-corrected chi connectivity index (χ0v) is 12.4. The number of nitrogens with zero attached hydrogens (tertiary/aromatic N) is 1. The summed E-state index contributed by atoms with van der Waals surface area (Å²) in [6.45, 7) is 7.62. The molecule has 1 aliphatic heterocycles. The number of rotatable bonds is 4. The van der Waals surface area contributed by atoms with Gasteiger partial charge < -0.3 is 15.0 Å². The molecule has 1 N–H and O–H groups in total. The third-order valence-corrected chi connectivity index (χ3v) is 3.64. The lowest BCUT2D eigenvalue weighted by molar-refractivity contribution is 0.0766. The number of hydrogen-bond donors (Lipinski definition) is 1. The minimum absolute atomic E-state index is 0.115. The van der Waals surface area contributed by atoms with Crippen LogP contribution in [0.2, 0.25) is 0 Å². The summed E-state index contributed by atoms with van der Waals surface area (Å²) in [5, 5.41) is 3.31. The third-order valence-electron chi connectivity index (χ3n) is 3.64. The van der Waals surface area contributed by atoms with Crippen LogP contribution in [0.25, 0.3) is 0 Å². The Labute approximate surface area is 121 Å². The topological polar surface area (TPSA) is 41.6 Å². The van der Waals surface area contributed by atoms with E-state index in [-0.39, 0.29) is 12.0 Å². The summed E-state index contributed by atoms with van der Waals surface area (Å²) in [6.07, 6.45) is 2.19. The molecule has 0 radical (unpaired) electrons. The van der Waals surface area contributed by atoms with E-state index in [1.54, 1.807) is 0 Å². The number of nitrogens with one attached hydrogen (secondary N) is 1. The van der Waals surface area contributed by atoms with Crippen molar-refractivity contribution in [2.24, 2.45) is 0 Å².